The van der Waals surface area contributed by atoms with Crippen LogP contribution in [0, 0.1) is 6.92 Å². The van der Waals surface area contributed by atoms with E-state index in [1.807, 2.05) is 6.20 Å². The maximum atomic E-state index is 3.36. The smallest absolute Gasteiger partial charge is 1.00 e. The maximum absolute atomic E-state index is 3.36. The van der Waals surface area contributed by atoms with Crippen LogP contribution in [0.4, 0.5) is 0 Å². The van der Waals surface area contributed by atoms with Crippen LogP contribution in [-0.4, -0.2) is 4.98 Å². The predicted molar refractivity (Wildman–Crippen MR) is 60.8 cm³/mol. The van der Waals surface area contributed by atoms with Crippen molar-refractivity contribution in [2.75, 3.05) is 0 Å². The Morgan fingerprint density at radius 1 is 1.24 bits per heavy atom. The van der Waals surface area contributed by atoms with Crippen molar-refractivity contribution in [2.24, 2.45) is 0 Å². The summed E-state index contributed by atoms with van der Waals surface area (Å²) in [7, 11) is 0. The molecule has 1 aliphatic carbocycles. The van der Waals surface area contributed by atoms with Gasteiger partial charge in [-0.1, -0.05) is 0 Å². The Morgan fingerprint density at radius 2 is 1.94 bits per heavy atom. The van der Waals surface area contributed by atoms with Crippen molar-refractivity contribution in [3.63, 3.8) is 0 Å². The minimum Gasteiger partial charge on any atom is -1.00 e. The Kier molecular flexibility index (Phi) is 7.19. The Hall–Kier alpha value is -0.206. The third-order valence-corrected chi connectivity index (χ3v) is 4.90. The van der Waals surface area contributed by atoms with Crippen LogP contribution in [-0.2, 0) is 19.2 Å². The van der Waals surface area contributed by atoms with Gasteiger partial charge in [0.15, 0.2) is 0 Å². The maximum Gasteiger partial charge on any atom is -1.00 e. The van der Waals surface area contributed by atoms with E-state index >= 15 is 0 Å². The number of nitrogens with one attached hydrogen (secondary N) is 1. The zero-order valence-corrected chi connectivity index (χ0v) is 13.2. The van der Waals surface area contributed by atoms with Crippen molar-refractivity contribution in [3.8, 4) is 0 Å². The molecule has 0 saturated carbocycles. The second-order valence-corrected chi connectivity index (χ2v) is 6.03. The van der Waals surface area contributed by atoms with Crippen LogP contribution in [0.25, 0.3) is 0 Å². The molecule has 0 fully saturated rings. The van der Waals surface area contributed by atoms with Crippen LogP contribution in [0.3, 0.4) is 0 Å². The van der Waals surface area contributed by atoms with Crippen LogP contribution in [0.5, 0.6) is 0 Å². The summed E-state index contributed by atoms with van der Waals surface area (Å²) >= 11 is -0.193. The SMILES string of the molecule is CC(C)=C1C=CC=[C]1[Ti+2][c]1[nH]ccc1C.[Cl-].[Cl-]. The molecule has 0 radical (unpaired) electrons. The van der Waals surface area contributed by atoms with Crippen molar-refractivity contribution in [2.45, 2.75) is 20.8 Å². The van der Waals surface area contributed by atoms with Crippen LogP contribution >= 0.6 is 0 Å². The van der Waals surface area contributed by atoms with E-state index in [-0.39, 0.29) is 44.0 Å². The number of H-pyrrole nitrogens is 1. The first-order chi connectivity index (χ1) is 7.18. The first-order valence-electron chi connectivity index (χ1n) is 5.15. The van der Waals surface area contributed by atoms with Crippen LogP contribution in [0.1, 0.15) is 19.4 Å². The summed E-state index contributed by atoms with van der Waals surface area (Å²) in [6, 6.07) is 2.16. The summed E-state index contributed by atoms with van der Waals surface area (Å²) in [5.41, 5.74) is 4.27. The fourth-order valence-electron chi connectivity index (χ4n) is 1.68. The number of halogens is 2. The number of hydrogen-bond acceptors (Lipinski definition) is 0. The molecule has 0 atom stereocenters. The predicted octanol–water partition coefficient (Wildman–Crippen LogP) is -3.17. The Morgan fingerprint density at radius 3 is 2.47 bits per heavy atom. The molecule has 1 heterocycles. The van der Waals surface area contributed by atoms with Crippen molar-refractivity contribution in [1.29, 1.82) is 0 Å². The molecule has 0 aliphatic heterocycles. The average molecular weight is 304 g/mol. The minimum absolute atomic E-state index is 0. The monoisotopic (exact) mass is 303 g/mol. The van der Waals surface area contributed by atoms with Gasteiger partial charge in [0.2, 0.25) is 0 Å². The molecule has 1 aromatic heterocycles. The largest absolute Gasteiger partial charge is 1.00 e. The molecule has 4 heteroatoms. The number of aromatic amines is 1. The topological polar surface area (TPSA) is 15.8 Å². The van der Waals surface area contributed by atoms with Crippen molar-refractivity contribution in [3.05, 3.63) is 51.1 Å². The second kappa shape index (κ2) is 7.28. The number of aryl methyl sites for hydroxylation is 1. The van der Waals surface area contributed by atoms with Gasteiger partial charge in [0.05, 0.1) is 0 Å². The summed E-state index contributed by atoms with van der Waals surface area (Å²) in [5.74, 6) is 0. The Labute approximate surface area is 124 Å². The molecule has 0 spiro atoms. The fourth-order valence-corrected chi connectivity index (χ4v) is 3.79. The molecule has 17 heavy (non-hydrogen) atoms. The van der Waals surface area contributed by atoms with Gasteiger partial charge >= 0.3 is 100.0 Å². The molecule has 0 unspecified atom stereocenters. The molecule has 90 valence electrons. The van der Waals surface area contributed by atoms with E-state index in [2.05, 4.69) is 50.0 Å². The van der Waals surface area contributed by atoms with E-state index in [1.165, 1.54) is 20.7 Å². The Balaban J connectivity index is 0.00000128. The first-order valence-corrected chi connectivity index (χ1v) is 6.72. The Bertz CT molecular complexity index is 466. The zero-order chi connectivity index (χ0) is 10.8. The van der Waals surface area contributed by atoms with Gasteiger partial charge in [-0.15, -0.1) is 0 Å². The molecule has 1 aliphatic rings. The summed E-state index contributed by atoms with van der Waals surface area (Å²) in [4.78, 5) is 3.36. The normalized spacial score (nSPS) is 12.4. The number of aromatic nitrogens is 1. The van der Waals surface area contributed by atoms with Gasteiger partial charge in [-0.3, -0.25) is 0 Å². The third-order valence-electron chi connectivity index (χ3n) is 2.57. The molecular formula is C13H15Cl2NTi. The number of hydrogen-bond donors (Lipinski definition) is 1. The van der Waals surface area contributed by atoms with E-state index in [0.29, 0.717) is 0 Å². The van der Waals surface area contributed by atoms with Crippen molar-refractivity contribution in [1.82, 2.24) is 4.98 Å². The van der Waals surface area contributed by atoms with Gasteiger partial charge in [-0.25, -0.2) is 0 Å². The molecule has 1 aromatic rings. The van der Waals surface area contributed by atoms with Gasteiger partial charge in [-0.2, -0.15) is 0 Å². The van der Waals surface area contributed by atoms with Gasteiger partial charge < -0.3 is 24.8 Å². The molecule has 2 rings (SSSR count). The van der Waals surface area contributed by atoms with Crippen molar-refractivity contribution < 1.29 is 44.0 Å². The van der Waals surface area contributed by atoms with E-state index < -0.39 is 0 Å². The van der Waals surface area contributed by atoms with Gasteiger partial charge in [0.25, 0.3) is 0 Å². The van der Waals surface area contributed by atoms with Gasteiger partial charge in [0, 0.05) is 0 Å². The summed E-state index contributed by atoms with van der Waals surface area (Å²) in [6.07, 6.45) is 8.70. The van der Waals surface area contributed by atoms with Gasteiger partial charge in [0.1, 0.15) is 0 Å². The summed E-state index contributed by atoms with van der Waals surface area (Å²) in [6.45, 7) is 6.56. The van der Waals surface area contributed by atoms with Crippen molar-refractivity contribution >= 4 is 4.00 Å². The van der Waals surface area contributed by atoms with Gasteiger partial charge in [-0.05, 0) is 0 Å². The second-order valence-electron chi connectivity index (χ2n) is 4.01. The van der Waals surface area contributed by atoms with Crippen LogP contribution in [0.2, 0.25) is 0 Å². The quantitative estimate of drug-likeness (QED) is 0.555. The van der Waals surface area contributed by atoms with E-state index in [4.69, 9.17) is 0 Å². The molecule has 1 N–H and O–H groups in total. The molecular weight excluding hydrogens is 289 g/mol. The number of allylic oxidation sites excluding steroid dienone is 6. The van der Waals surface area contributed by atoms with E-state index in [0.717, 1.165) is 0 Å². The van der Waals surface area contributed by atoms with E-state index in [1.54, 1.807) is 3.88 Å². The number of rotatable bonds is 2. The zero-order valence-electron chi connectivity index (χ0n) is 10.1. The molecule has 0 aromatic carbocycles. The van der Waals surface area contributed by atoms with Crippen LogP contribution < -0.4 is 28.8 Å². The summed E-state index contributed by atoms with van der Waals surface area (Å²) in [5, 5.41) is 0. The minimum atomic E-state index is -0.193. The standard InChI is InChI=1S/C8H9.C5H6N.2ClH.Ti/c1-7(2)8-5-3-4-6-8;1-5-2-3-6-4-5;;;/h3-5H,1-2H3;2-3,6H,1H3;2*1H;/q;;;;+2/p-2. The van der Waals surface area contributed by atoms with E-state index in [9.17, 15) is 0 Å². The van der Waals surface area contributed by atoms with Crippen LogP contribution in [0.15, 0.2) is 45.5 Å². The molecule has 0 bridgehead atoms. The first kappa shape index (κ1) is 16.8. The fraction of sp³-hybridized carbons (Fsp3) is 0.231. The summed E-state index contributed by atoms with van der Waals surface area (Å²) < 4.78 is 2.99. The third kappa shape index (κ3) is 3.89. The average Bonchev–Trinajstić information content (AvgIpc) is 2.77. The molecule has 0 amide bonds. The molecule has 1 nitrogen and oxygen atoms in total. The molecule has 0 saturated heterocycles.